The zero-order chi connectivity index (χ0) is 15.9. The van der Waals surface area contributed by atoms with Crippen LogP contribution in [-0.4, -0.2) is 11.6 Å². The van der Waals surface area contributed by atoms with Crippen molar-refractivity contribution in [1.29, 1.82) is 0 Å². The minimum Gasteiger partial charge on any atom is -0.294 e. The Hall–Kier alpha value is -1.18. The fraction of sp³-hybridized carbons (Fsp3) is 0.667. The van der Waals surface area contributed by atoms with E-state index in [2.05, 4.69) is 26.8 Å². The van der Waals surface area contributed by atoms with E-state index in [0.717, 1.165) is 30.4 Å². The monoisotopic (exact) mass is 278 g/mol. The van der Waals surface area contributed by atoms with Gasteiger partial charge in [0.05, 0.1) is 5.57 Å². The Bertz CT molecular complexity index is 413. The SMILES string of the molecule is CCC(=C\C(C)CC)/C(C)=C(/C(C)=O)C(=O)C(C)CC. The van der Waals surface area contributed by atoms with E-state index in [4.69, 9.17) is 0 Å². The maximum absolute atomic E-state index is 12.4. The highest BCUT2D eigenvalue weighted by atomic mass is 16.1. The summed E-state index contributed by atoms with van der Waals surface area (Å²) in [7, 11) is 0. The molecule has 0 saturated carbocycles. The summed E-state index contributed by atoms with van der Waals surface area (Å²) in [5.74, 6) is 0.245. The van der Waals surface area contributed by atoms with Gasteiger partial charge in [-0.1, -0.05) is 47.1 Å². The van der Waals surface area contributed by atoms with Crippen LogP contribution < -0.4 is 0 Å². The van der Waals surface area contributed by atoms with Crippen LogP contribution in [0.5, 0.6) is 0 Å². The van der Waals surface area contributed by atoms with Crippen molar-refractivity contribution in [3.63, 3.8) is 0 Å². The Labute approximate surface area is 124 Å². The Morgan fingerprint density at radius 3 is 1.90 bits per heavy atom. The van der Waals surface area contributed by atoms with E-state index in [1.165, 1.54) is 6.92 Å². The first-order valence-corrected chi connectivity index (χ1v) is 7.77. The maximum Gasteiger partial charge on any atom is 0.169 e. The van der Waals surface area contributed by atoms with Crippen LogP contribution in [0.2, 0.25) is 0 Å². The standard InChI is InChI=1S/C18H30O2/c1-8-12(4)11-16(10-3)14(6)17(15(7)19)18(20)13(5)9-2/h11-13H,8-10H2,1-7H3/b16-11+,17-14-. The predicted molar refractivity (Wildman–Crippen MR) is 85.7 cm³/mol. The lowest BCUT2D eigenvalue weighted by Crippen LogP contribution is -2.19. The predicted octanol–water partition coefficient (Wildman–Crippen LogP) is 4.89. The average molecular weight is 278 g/mol. The van der Waals surface area contributed by atoms with Gasteiger partial charge in [0, 0.05) is 5.92 Å². The fourth-order valence-electron chi connectivity index (χ4n) is 2.18. The molecule has 0 amide bonds. The highest BCUT2D eigenvalue weighted by Crippen LogP contribution is 2.24. The van der Waals surface area contributed by atoms with E-state index in [0.29, 0.717) is 11.5 Å². The van der Waals surface area contributed by atoms with Gasteiger partial charge in [-0.15, -0.1) is 0 Å². The molecule has 0 saturated heterocycles. The topological polar surface area (TPSA) is 34.1 Å². The van der Waals surface area contributed by atoms with Crippen molar-refractivity contribution in [2.45, 2.75) is 67.7 Å². The van der Waals surface area contributed by atoms with E-state index < -0.39 is 0 Å². The summed E-state index contributed by atoms with van der Waals surface area (Å²) in [6.45, 7) is 13.7. The number of allylic oxidation sites excluding steroid dienone is 4. The van der Waals surface area contributed by atoms with Crippen molar-refractivity contribution in [3.05, 3.63) is 22.8 Å². The van der Waals surface area contributed by atoms with Crippen molar-refractivity contribution in [1.82, 2.24) is 0 Å². The molecule has 0 bridgehead atoms. The first-order valence-electron chi connectivity index (χ1n) is 7.77. The zero-order valence-corrected chi connectivity index (χ0v) is 14.2. The average Bonchev–Trinajstić information content (AvgIpc) is 2.42. The molecule has 0 aromatic rings. The first-order chi connectivity index (χ1) is 9.29. The molecule has 0 rings (SSSR count). The lowest BCUT2D eigenvalue weighted by molar-refractivity contribution is -0.122. The normalized spacial score (nSPS) is 16.4. The van der Waals surface area contributed by atoms with Crippen LogP contribution in [-0.2, 0) is 9.59 Å². The van der Waals surface area contributed by atoms with Gasteiger partial charge >= 0.3 is 0 Å². The number of hydrogen-bond donors (Lipinski definition) is 0. The second kappa shape index (κ2) is 8.89. The molecule has 2 atom stereocenters. The van der Waals surface area contributed by atoms with Gasteiger partial charge in [0.2, 0.25) is 0 Å². The summed E-state index contributed by atoms with van der Waals surface area (Å²) in [4.78, 5) is 24.3. The molecule has 20 heavy (non-hydrogen) atoms. The van der Waals surface area contributed by atoms with Gasteiger partial charge in [0.15, 0.2) is 11.6 Å². The molecule has 0 N–H and O–H groups in total. The Kier molecular flexibility index (Phi) is 8.36. The molecule has 0 aliphatic rings. The van der Waals surface area contributed by atoms with Crippen molar-refractivity contribution in [3.8, 4) is 0 Å². The number of rotatable bonds is 8. The lowest BCUT2D eigenvalue weighted by atomic mass is 9.87. The van der Waals surface area contributed by atoms with Crippen molar-refractivity contribution >= 4 is 11.6 Å². The smallest absolute Gasteiger partial charge is 0.169 e. The molecule has 114 valence electrons. The van der Waals surface area contributed by atoms with Crippen LogP contribution in [0.15, 0.2) is 22.8 Å². The first kappa shape index (κ1) is 18.8. The summed E-state index contributed by atoms with van der Waals surface area (Å²) in [6, 6.07) is 0. The van der Waals surface area contributed by atoms with Crippen molar-refractivity contribution in [2.75, 3.05) is 0 Å². The van der Waals surface area contributed by atoms with Crippen LogP contribution >= 0.6 is 0 Å². The Balaban J connectivity index is 5.77. The van der Waals surface area contributed by atoms with Gasteiger partial charge < -0.3 is 0 Å². The van der Waals surface area contributed by atoms with Crippen molar-refractivity contribution < 1.29 is 9.59 Å². The van der Waals surface area contributed by atoms with E-state index >= 15 is 0 Å². The number of carbonyl (C=O) groups is 2. The Morgan fingerprint density at radius 1 is 1.00 bits per heavy atom. The molecule has 0 aromatic carbocycles. The third kappa shape index (κ3) is 5.07. The maximum atomic E-state index is 12.4. The fourth-order valence-corrected chi connectivity index (χ4v) is 2.18. The second-order valence-electron chi connectivity index (χ2n) is 5.66. The lowest BCUT2D eigenvalue weighted by Gasteiger charge is -2.16. The summed E-state index contributed by atoms with van der Waals surface area (Å²) >= 11 is 0. The van der Waals surface area contributed by atoms with E-state index in [1.54, 1.807) is 0 Å². The highest BCUT2D eigenvalue weighted by Gasteiger charge is 2.23. The number of ketones is 2. The molecule has 0 heterocycles. The van der Waals surface area contributed by atoms with E-state index in [-0.39, 0.29) is 17.5 Å². The summed E-state index contributed by atoms with van der Waals surface area (Å²) in [6.07, 6.45) is 4.87. The van der Waals surface area contributed by atoms with E-state index in [9.17, 15) is 9.59 Å². The highest BCUT2D eigenvalue weighted by molar-refractivity contribution is 6.21. The van der Waals surface area contributed by atoms with Gasteiger partial charge in [-0.25, -0.2) is 0 Å². The van der Waals surface area contributed by atoms with E-state index in [1.807, 2.05) is 20.8 Å². The minimum absolute atomic E-state index is 0.0130. The minimum atomic E-state index is -0.115. The molecule has 0 spiro atoms. The van der Waals surface area contributed by atoms with Gasteiger partial charge in [-0.05, 0) is 43.8 Å². The molecule has 0 fully saturated rings. The molecular weight excluding hydrogens is 248 g/mol. The Morgan fingerprint density at radius 2 is 1.55 bits per heavy atom. The number of carbonyl (C=O) groups excluding carboxylic acids is 2. The second-order valence-corrected chi connectivity index (χ2v) is 5.66. The summed E-state index contributed by atoms with van der Waals surface area (Å²) < 4.78 is 0. The molecule has 2 heteroatoms. The largest absolute Gasteiger partial charge is 0.294 e. The van der Waals surface area contributed by atoms with Crippen molar-refractivity contribution in [2.24, 2.45) is 11.8 Å². The molecule has 2 nitrogen and oxygen atoms in total. The third-order valence-corrected chi connectivity index (χ3v) is 4.03. The quantitative estimate of drug-likeness (QED) is 0.274. The van der Waals surface area contributed by atoms with Gasteiger partial charge in [0.1, 0.15) is 0 Å². The molecule has 2 unspecified atom stereocenters. The molecule has 0 aliphatic carbocycles. The van der Waals surface area contributed by atoms with Crippen LogP contribution in [0.3, 0.4) is 0 Å². The molecular formula is C18H30O2. The third-order valence-electron chi connectivity index (χ3n) is 4.03. The van der Waals surface area contributed by atoms with Gasteiger partial charge in [0.25, 0.3) is 0 Å². The summed E-state index contributed by atoms with van der Waals surface area (Å²) in [5, 5.41) is 0. The van der Waals surface area contributed by atoms with Gasteiger partial charge in [-0.3, -0.25) is 9.59 Å². The zero-order valence-electron chi connectivity index (χ0n) is 14.2. The van der Waals surface area contributed by atoms with Crippen LogP contribution in [0, 0.1) is 11.8 Å². The molecule has 0 aromatic heterocycles. The molecule has 0 aliphatic heterocycles. The van der Waals surface area contributed by atoms with Crippen LogP contribution in [0.1, 0.15) is 67.7 Å². The van der Waals surface area contributed by atoms with Gasteiger partial charge in [-0.2, -0.15) is 0 Å². The number of Topliss-reactive ketones (excluding diaryl/α,β-unsaturated/α-hetero) is 2. The van der Waals surface area contributed by atoms with Crippen LogP contribution in [0.25, 0.3) is 0 Å². The summed E-state index contributed by atoms with van der Waals surface area (Å²) in [5.41, 5.74) is 2.39. The number of hydrogen-bond acceptors (Lipinski definition) is 2. The van der Waals surface area contributed by atoms with Crippen LogP contribution in [0.4, 0.5) is 0 Å². The molecule has 0 radical (unpaired) electrons.